The molecule has 1 aliphatic heterocycles. The predicted molar refractivity (Wildman–Crippen MR) is 78.9 cm³/mol. The molecular weight excluding hydrogens is 327 g/mol. The third-order valence-corrected chi connectivity index (χ3v) is 3.99. The molecule has 1 aromatic rings. The minimum Gasteiger partial charge on any atom is -0.398 e. The number of likely N-dealkylation sites (N-methyl/N-ethyl adjacent to an activating group) is 1. The van der Waals surface area contributed by atoms with Gasteiger partial charge < -0.3 is 10.5 Å². The summed E-state index contributed by atoms with van der Waals surface area (Å²) in [6.45, 7) is 2.90. The van der Waals surface area contributed by atoms with Crippen LogP contribution in [0.5, 0.6) is 0 Å². The molecule has 0 spiro atoms. The van der Waals surface area contributed by atoms with Gasteiger partial charge in [0.15, 0.2) is 0 Å². The van der Waals surface area contributed by atoms with Crippen molar-refractivity contribution in [2.24, 2.45) is 0 Å². The van der Waals surface area contributed by atoms with Crippen molar-refractivity contribution in [3.63, 3.8) is 0 Å². The molecule has 1 saturated heterocycles. The molecule has 0 aromatic heterocycles. The van der Waals surface area contributed by atoms with E-state index < -0.39 is 0 Å². The number of ether oxygens (including phenoxy) is 1. The minimum atomic E-state index is 0.424. The number of anilines is 1. The minimum absolute atomic E-state index is 0.424. The number of nitrogens with two attached hydrogens (primary N) is 1. The van der Waals surface area contributed by atoms with Crippen LogP contribution in [0.25, 0.3) is 0 Å². The molecule has 17 heavy (non-hydrogen) atoms. The number of halogens is 1. The Kier molecular flexibility index (Phi) is 4.64. The van der Waals surface area contributed by atoms with E-state index >= 15 is 0 Å². The Hall–Kier alpha value is -0.330. The summed E-state index contributed by atoms with van der Waals surface area (Å²) in [5, 5.41) is 0. The number of benzene rings is 1. The zero-order valence-corrected chi connectivity index (χ0v) is 12.3. The number of hydrogen-bond acceptors (Lipinski definition) is 3. The summed E-state index contributed by atoms with van der Waals surface area (Å²) in [5.74, 6) is 0. The van der Waals surface area contributed by atoms with E-state index in [0.29, 0.717) is 6.10 Å². The quantitative estimate of drug-likeness (QED) is 0.673. The summed E-state index contributed by atoms with van der Waals surface area (Å²) in [4.78, 5) is 2.32. The van der Waals surface area contributed by atoms with Crippen LogP contribution in [0, 0.1) is 3.57 Å². The molecule has 0 bridgehead atoms. The number of hydrogen-bond donors (Lipinski definition) is 1. The topological polar surface area (TPSA) is 38.5 Å². The van der Waals surface area contributed by atoms with E-state index in [2.05, 4.69) is 46.7 Å². The Labute approximate surface area is 116 Å². The lowest BCUT2D eigenvalue weighted by atomic mass is 10.2. The van der Waals surface area contributed by atoms with E-state index in [1.54, 1.807) is 0 Å². The average molecular weight is 346 g/mol. The highest BCUT2D eigenvalue weighted by Crippen LogP contribution is 2.18. The fraction of sp³-hybridized carbons (Fsp3) is 0.538. The highest BCUT2D eigenvalue weighted by Gasteiger charge is 2.17. The normalized spacial score (nSPS) is 20.1. The Morgan fingerprint density at radius 1 is 1.53 bits per heavy atom. The van der Waals surface area contributed by atoms with Crippen LogP contribution in [0.2, 0.25) is 0 Å². The van der Waals surface area contributed by atoms with Crippen molar-refractivity contribution < 1.29 is 4.74 Å². The number of rotatable bonds is 4. The van der Waals surface area contributed by atoms with Gasteiger partial charge in [0.2, 0.25) is 0 Å². The van der Waals surface area contributed by atoms with Gasteiger partial charge in [-0.15, -0.1) is 0 Å². The molecule has 0 radical (unpaired) electrons. The fourth-order valence-corrected chi connectivity index (χ4v) is 2.76. The fourth-order valence-electron chi connectivity index (χ4n) is 2.18. The van der Waals surface area contributed by atoms with Crippen LogP contribution in [-0.2, 0) is 11.3 Å². The predicted octanol–water partition coefficient (Wildman–Crippen LogP) is 2.48. The van der Waals surface area contributed by atoms with Crippen LogP contribution >= 0.6 is 22.6 Å². The van der Waals surface area contributed by atoms with Crippen molar-refractivity contribution in [1.29, 1.82) is 0 Å². The van der Waals surface area contributed by atoms with Gasteiger partial charge in [-0.25, -0.2) is 0 Å². The van der Waals surface area contributed by atoms with Gasteiger partial charge in [0.1, 0.15) is 0 Å². The summed E-state index contributed by atoms with van der Waals surface area (Å²) >= 11 is 2.28. The molecule has 2 rings (SSSR count). The molecule has 1 atom stereocenters. The number of nitrogens with zero attached hydrogens (tertiary/aromatic N) is 1. The molecule has 1 unspecified atom stereocenters. The van der Waals surface area contributed by atoms with Crippen LogP contribution in [0.3, 0.4) is 0 Å². The maximum atomic E-state index is 5.81. The molecular formula is C13H19IN2O. The molecule has 1 fully saturated rings. The van der Waals surface area contributed by atoms with Crippen molar-refractivity contribution >= 4 is 28.3 Å². The maximum Gasteiger partial charge on any atom is 0.0702 e. The zero-order valence-electron chi connectivity index (χ0n) is 10.2. The monoisotopic (exact) mass is 346 g/mol. The van der Waals surface area contributed by atoms with E-state index in [4.69, 9.17) is 10.5 Å². The summed E-state index contributed by atoms with van der Waals surface area (Å²) in [7, 11) is 2.14. The van der Waals surface area contributed by atoms with Crippen molar-refractivity contribution in [3.8, 4) is 0 Å². The number of nitrogen functional groups attached to an aromatic ring is 1. The second kappa shape index (κ2) is 6.02. The van der Waals surface area contributed by atoms with Gasteiger partial charge in [-0.05, 0) is 60.2 Å². The Bertz CT molecular complexity index is 378. The molecule has 1 heterocycles. The van der Waals surface area contributed by atoms with Crippen molar-refractivity contribution in [3.05, 3.63) is 27.3 Å². The van der Waals surface area contributed by atoms with Gasteiger partial charge in [0.05, 0.1) is 6.10 Å². The van der Waals surface area contributed by atoms with Crippen LogP contribution < -0.4 is 5.73 Å². The summed E-state index contributed by atoms with van der Waals surface area (Å²) in [6.07, 6.45) is 2.83. The summed E-state index contributed by atoms with van der Waals surface area (Å²) < 4.78 is 6.77. The lowest BCUT2D eigenvalue weighted by Crippen LogP contribution is -2.28. The van der Waals surface area contributed by atoms with E-state index in [9.17, 15) is 0 Å². The highest BCUT2D eigenvalue weighted by molar-refractivity contribution is 14.1. The molecule has 2 N–H and O–H groups in total. The summed E-state index contributed by atoms with van der Waals surface area (Å²) in [6, 6.07) is 6.24. The first kappa shape index (κ1) is 13.1. The van der Waals surface area contributed by atoms with E-state index in [1.165, 1.54) is 18.4 Å². The largest absolute Gasteiger partial charge is 0.398 e. The van der Waals surface area contributed by atoms with Gasteiger partial charge >= 0.3 is 0 Å². The molecule has 0 amide bonds. The van der Waals surface area contributed by atoms with Crippen LogP contribution in [0.4, 0.5) is 5.69 Å². The van der Waals surface area contributed by atoms with Crippen LogP contribution in [-0.4, -0.2) is 31.2 Å². The van der Waals surface area contributed by atoms with Gasteiger partial charge in [-0.2, -0.15) is 0 Å². The van der Waals surface area contributed by atoms with Crippen LogP contribution in [0.1, 0.15) is 18.4 Å². The van der Waals surface area contributed by atoms with Gasteiger partial charge in [-0.1, -0.05) is 6.07 Å². The molecule has 4 heteroatoms. The molecule has 3 nitrogen and oxygen atoms in total. The van der Waals surface area contributed by atoms with Crippen molar-refractivity contribution in [1.82, 2.24) is 4.90 Å². The molecule has 0 saturated carbocycles. The van der Waals surface area contributed by atoms with E-state index in [-0.39, 0.29) is 0 Å². The van der Waals surface area contributed by atoms with Gasteiger partial charge in [-0.3, -0.25) is 4.90 Å². The molecule has 0 aliphatic carbocycles. The molecule has 94 valence electrons. The SMILES string of the molecule is CN(Cc1ccc(N)c(I)c1)CC1CCCO1. The van der Waals surface area contributed by atoms with Crippen molar-refractivity contribution in [2.75, 3.05) is 25.9 Å². The zero-order chi connectivity index (χ0) is 12.3. The first-order valence-electron chi connectivity index (χ1n) is 5.99. The lowest BCUT2D eigenvalue weighted by Gasteiger charge is -2.20. The van der Waals surface area contributed by atoms with Crippen molar-refractivity contribution in [2.45, 2.75) is 25.5 Å². The smallest absolute Gasteiger partial charge is 0.0702 e. The lowest BCUT2D eigenvalue weighted by molar-refractivity contribution is 0.0793. The third-order valence-electron chi connectivity index (χ3n) is 3.06. The van der Waals surface area contributed by atoms with Crippen LogP contribution in [0.15, 0.2) is 18.2 Å². The standard InChI is InChI=1S/C13H19IN2O/c1-16(9-11-3-2-6-17-11)8-10-4-5-13(15)12(14)7-10/h4-5,7,11H,2-3,6,8-9,15H2,1H3. The van der Waals surface area contributed by atoms with Gasteiger partial charge in [0.25, 0.3) is 0 Å². The van der Waals surface area contributed by atoms with E-state index in [0.717, 1.165) is 29.0 Å². The maximum absolute atomic E-state index is 5.81. The second-order valence-corrected chi connectivity index (χ2v) is 5.85. The Balaban J connectivity index is 1.88. The van der Waals surface area contributed by atoms with Gasteiger partial charge in [0, 0.05) is 29.0 Å². The average Bonchev–Trinajstić information content (AvgIpc) is 2.76. The second-order valence-electron chi connectivity index (χ2n) is 4.69. The molecule has 1 aromatic carbocycles. The Morgan fingerprint density at radius 2 is 2.35 bits per heavy atom. The highest BCUT2D eigenvalue weighted by atomic mass is 127. The first-order valence-corrected chi connectivity index (χ1v) is 7.07. The Morgan fingerprint density at radius 3 is 3.00 bits per heavy atom. The summed E-state index contributed by atoms with van der Waals surface area (Å²) in [5.41, 5.74) is 7.98. The molecule has 1 aliphatic rings. The van der Waals surface area contributed by atoms with E-state index in [1.807, 2.05) is 6.07 Å². The first-order chi connectivity index (χ1) is 8.15. The third kappa shape index (κ3) is 3.82.